The normalized spacial score (nSPS) is 9.77. The molecule has 0 saturated carbocycles. The molecule has 0 heterocycles. The molecule has 0 aromatic heterocycles. The predicted molar refractivity (Wildman–Crippen MR) is 48.6 cm³/mol. The molecule has 1 rings (SSSR count). The van der Waals surface area contributed by atoms with Crippen molar-refractivity contribution in [3.63, 3.8) is 0 Å². The Morgan fingerprint density at radius 1 is 1.62 bits per heavy atom. The molecule has 0 fully saturated rings. The number of nitro groups is 1. The van der Waals surface area contributed by atoms with E-state index in [9.17, 15) is 14.5 Å². The van der Waals surface area contributed by atoms with E-state index in [0.29, 0.717) is 4.47 Å². The van der Waals surface area contributed by atoms with Crippen LogP contribution >= 0.6 is 15.9 Å². The highest BCUT2D eigenvalue weighted by molar-refractivity contribution is 9.10. The smallest absolute Gasteiger partial charge is 0.318 e. The summed E-state index contributed by atoms with van der Waals surface area (Å²) in [5, 5.41) is 10.4. The first-order valence-electron chi connectivity index (χ1n) is 3.16. The summed E-state index contributed by atoms with van der Waals surface area (Å²) < 4.78 is 13.4. The highest BCUT2D eigenvalue weighted by Gasteiger charge is 2.20. The van der Waals surface area contributed by atoms with E-state index < -0.39 is 16.4 Å². The Bertz CT molecular complexity index is 358. The van der Waals surface area contributed by atoms with Crippen LogP contribution in [0.15, 0.2) is 16.6 Å². The van der Waals surface area contributed by atoms with Gasteiger partial charge in [0.25, 0.3) is 0 Å². The third-order valence-electron chi connectivity index (χ3n) is 1.37. The molecule has 0 radical (unpaired) electrons. The molecular formula is C6H5BrFN3O2. The number of nitro benzene ring substituents is 1. The number of hydrogen-bond acceptors (Lipinski definition) is 4. The second-order valence-corrected chi connectivity index (χ2v) is 3.10. The van der Waals surface area contributed by atoms with Gasteiger partial charge in [-0.1, -0.05) is 15.9 Å². The van der Waals surface area contributed by atoms with Gasteiger partial charge in [0.1, 0.15) is 5.69 Å². The summed E-state index contributed by atoms with van der Waals surface area (Å²) in [6, 6.07) is 2.32. The Balaban J connectivity index is 3.38. The largest absolute Gasteiger partial charge is 0.329 e. The fraction of sp³-hybridized carbons (Fsp3) is 0. The molecule has 5 nitrogen and oxygen atoms in total. The van der Waals surface area contributed by atoms with Crippen LogP contribution in [0.2, 0.25) is 0 Å². The summed E-state index contributed by atoms with van der Waals surface area (Å²) in [5.74, 6) is 4.05. The van der Waals surface area contributed by atoms with Gasteiger partial charge < -0.3 is 5.43 Å². The highest BCUT2D eigenvalue weighted by atomic mass is 79.9. The highest BCUT2D eigenvalue weighted by Crippen LogP contribution is 2.30. The van der Waals surface area contributed by atoms with Gasteiger partial charge in [0.15, 0.2) is 0 Å². The molecule has 7 heteroatoms. The van der Waals surface area contributed by atoms with Gasteiger partial charge >= 0.3 is 5.69 Å². The number of nitrogen functional groups attached to an aromatic ring is 1. The van der Waals surface area contributed by atoms with Crippen LogP contribution < -0.4 is 11.3 Å². The number of halogens is 2. The van der Waals surface area contributed by atoms with Crippen LogP contribution in [0, 0.1) is 15.9 Å². The fourth-order valence-electron chi connectivity index (χ4n) is 0.862. The molecule has 0 bridgehead atoms. The zero-order valence-corrected chi connectivity index (χ0v) is 7.84. The zero-order valence-electron chi connectivity index (χ0n) is 6.25. The zero-order chi connectivity index (χ0) is 10.0. The van der Waals surface area contributed by atoms with Gasteiger partial charge in [0.05, 0.1) is 4.92 Å². The second-order valence-electron chi connectivity index (χ2n) is 2.19. The van der Waals surface area contributed by atoms with Crippen molar-refractivity contribution in [2.24, 2.45) is 5.84 Å². The Labute approximate surface area is 81.0 Å². The Hall–Kier alpha value is -1.21. The summed E-state index contributed by atoms with van der Waals surface area (Å²) in [5.41, 5.74) is 1.31. The molecule has 3 N–H and O–H groups in total. The third-order valence-corrected chi connectivity index (χ3v) is 1.82. The first kappa shape index (κ1) is 9.87. The molecule has 70 valence electrons. The van der Waals surface area contributed by atoms with E-state index in [1.54, 1.807) is 0 Å². The molecule has 0 atom stereocenters. The average molecular weight is 250 g/mol. The summed E-state index contributed by atoms with van der Waals surface area (Å²) in [6.45, 7) is 0. The van der Waals surface area contributed by atoms with Gasteiger partial charge in [-0.2, -0.15) is 4.39 Å². The molecule has 0 aliphatic heterocycles. The molecular weight excluding hydrogens is 245 g/mol. The van der Waals surface area contributed by atoms with Crippen molar-refractivity contribution in [1.29, 1.82) is 0 Å². The van der Waals surface area contributed by atoms with E-state index in [1.807, 2.05) is 5.43 Å². The van der Waals surface area contributed by atoms with Crippen LogP contribution in [-0.4, -0.2) is 4.92 Å². The van der Waals surface area contributed by atoms with Gasteiger partial charge in [-0.25, -0.2) is 0 Å². The molecule has 0 aliphatic carbocycles. The fourth-order valence-corrected chi connectivity index (χ4v) is 1.29. The molecule has 0 unspecified atom stereocenters. The van der Waals surface area contributed by atoms with Crippen molar-refractivity contribution in [3.8, 4) is 0 Å². The SMILES string of the molecule is NNc1cc(Br)cc(F)c1[N+](=O)[O-]. The lowest BCUT2D eigenvalue weighted by Crippen LogP contribution is -2.10. The maximum atomic E-state index is 13.0. The van der Waals surface area contributed by atoms with Crippen molar-refractivity contribution in [2.75, 3.05) is 5.43 Å². The molecule has 0 spiro atoms. The number of nitrogens with two attached hydrogens (primary N) is 1. The number of hydrogen-bond donors (Lipinski definition) is 2. The molecule has 0 aliphatic rings. The van der Waals surface area contributed by atoms with Crippen LogP contribution in [0.1, 0.15) is 0 Å². The minimum absolute atomic E-state index is 0.0723. The third kappa shape index (κ3) is 1.93. The lowest BCUT2D eigenvalue weighted by Gasteiger charge is -2.02. The lowest BCUT2D eigenvalue weighted by atomic mass is 10.2. The van der Waals surface area contributed by atoms with Crippen molar-refractivity contribution >= 4 is 27.3 Å². The van der Waals surface area contributed by atoms with Gasteiger partial charge in [-0.3, -0.25) is 16.0 Å². The van der Waals surface area contributed by atoms with E-state index in [-0.39, 0.29) is 5.69 Å². The molecule has 13 heavy (non-hydrogen) atoms. The number of anilines is 1. The molecule has 0 amide bonds. The van der Waals surface area contributed by atoms with Gasteiger partial charge in [-0.05, 0) is 12.1 Å². The van der Waals surface area contributed by atoms with Crippen molar-refractivity contribution in [3.05, 3.63) is 32.5 Å². The Morgan fingerprint density at radius 3 is 2.69 bits per heavy atom. The van der Waals surface area contributed by atoms with Crippen molar-refractivity contribution < 1.29 is 9.31 Å². The number of hydrazine groups is 1. The Kier molecular flexibility index (Phi) is 2.79. The van der Waals surface area contributed by atoms with E-state index in [2.05, 4.69) is 15.9 Å². The van der Waals surface area contributed by atoms with Gasteiger partial charge in [0, 0.05) is 4.47 Å². The summed E-state index contributed by atoms with van der Waals surface area (Å²) >= 11 is 2.98. The first-order chi connectivity index (χ1) is 6.06. The monoisotopic (exact) mass is 249 g/mol. The van der Waals surface area contributed by atoms with Crippen LogP contribution in [-0.2, 0) is 0 Å². The maximum Gasteiger partial charge on any atom is 0.329 e. The topological polar surface area (TPSA) is 81.2 Å². The van der Waals surface area contributed by atoms with Gasteiger partial charge in [0.2, 0.25) is 5.82 Å². The lowest BCUT2D eigenvalue weighted by molar-refractivity contribution is -0.386. The molecule has 1 aromatic carbocycles. The number of benzene rings is 1. The minimum Gasteiger partial charge on any atom is -0.318 e. The van der Waals surface area contributed by atoms with Crippen LogP contribution in [0.3, 0.4) is 0 Å². The van der Waals surface area contributed by atoms with Crippen LogP contribution in [0.4, 0.5) is 15.8 Å². The summed E-state index contributed by atoms with van der Waals surface area (Å²) in [6.07, 6.45) is 0. The van der Waals surface area contributed by atoms with E-state index in [0.717, 1.165) is 6.07 Å². The Morgan fingerprint density at radius 2 is 2.23 bits per heavy atom. The van der Waals surface area contributed by atoms with Crippen molar-refractivity contribution in [1.82, 2.24) is 0 Å². The number of nitrogens with one attached hydrogen (secondary N) is 1. The number of rotatable bonds is 2. The van der Waals surface area contributed by atoms with E-state index >= 15 is 0 Å². The number of nitrogens with zero attached hydrogens (tertiary/aromatic N) is 1. The summed E-state index contributed by atoms with van der Waals surface area (Å²) in [4.78, 5) is 9.53. The molecule has 0 saturated heterocycles. The van der Waals surface area contributed by atoms with Crippen LogP contribution in [0.5, 0.6) is 0 Å². The first-order valence-corrected chi connectivity index (χ1v) is 3.95. The standard InChI is InChI=1S/C6H5BrFN3O2/c7-3-1-4(8)6(11(12)13)5(2-3)10-9/h1-2,10H,9H2. The summed E-state index contributed by atoms with van der Waals surface area (Å²) in [7, 11) is 0. The van der Waals surface area contributed by atoms with E-state index in [1.165, 1.54) is 6.07 Å². The quantitative estimate of drug-likeness (QED) is 0.476. The average Bonchev–Trinajstić information content (AvgIpc) is 2.01. The molecule has 1 aromatic rings. The minimum atomic E-state index is -0.938. The van der Waals surface area contributed by atoms with Gasteiger partial charge in [-0.15, -0.1) is 0 Å². The van der Waals surface area contributed by atoms with Crippen LogP contribution in [0.25, 0.3) is 0 Å². The van der Waals surface area contributed by atoms with Crippen molar-refractivity contribution in [2.45, 2.75) is 0 Å². The maximum absolute atomic E-state index is 13.0. The van der Waals surface area contributed by atoms with E-state index in [4.69, 9.17) is 5.84 Å². The second kappa shape index (κ2) is 3.67. The predicted octanol–water partition coefficient (Wildman–Crippen LogP) is 1.78.